The number of carbonyl (C=O) groups excluding carboxylic acids is 1. The molecule has 110 valence electrons. The lowest BCUT2D eigenvalue weighted by atomic mass is 10.3. The van der Waals surface area contributed by atoms with Crippen molar-refractivity contribution in [3.63, 3.8) is 0 Å². The summed E-state index contributed by atoms with van der Waals surface area (Å²) < 4.78 is 1.92. The van der Waals surface area contributed by atoms with Crippen molar-refractivity contribution in [2.24, 2.45) is 7.05 Å². The number of nitrogen functional groups attached to an aromatic ring is 1. The van der Waals surface area contributed by atoms with Crippen LogP contribution in [0.4, 0.5) is 11.4 Å². The molecule has 1 aromatic heterocycles. The number of carbonyl (C=O) groups is 1. The van der Waals surface area contributed by atoms with E-state index in [1.54, 1.807) is 24.3 Å². The summed E-state index contributed by atoms with van der Waals surface area (Å²) in [5.41, 5.74) is 4.61. The molecule has 2 aromatic rings. The molecule has 0 fully saturated rings. The highest BCUT2D eigenvalue weighted by molar-refractivity contribution is 6.30. The summed E-state index contributed by atoms with van der Waals surface area (Å²) in [6.45, 7) is -0.417. The first-order chi connectivity index (χ1) is 9.88. The lowest BCUT2D eigenvalue weighted by Gasteiger charge is -2.09. The zero-order valence-electron chi connectivity index (χ0n) is 11.2. The molecular formula is C13H13ClN4O3. The second-order valence-electron chi connectivity index (χ2n) is 4.42. The number of hydrogen-bond donors (Lipinski definition) is 2. The number of halogens is 1. The second kappa shape index (κ2) is 5.84. The number of benzene rings is 1. The molecule has 0 spiro atoms. The molecule has 0 saturated carbocycles. The van der Waals surface area contributed by atoms with Crippen molar-refractivity contribution in [2.45, 2.75) is 6.54 Å². The minimum absolute atomic E-state index is 0.101. The number of hydrogen-bond acceptors (Lipinski definition) is 4. The van der Waals surface area contributed by atoms with Crippen molar-refractivity contribution < 1.29 is 4.79 Å². The highest BCUT2D eigenvalue weighted by Crippen LogP contribution is 2.13. The van der Waals surface area contributed by atoms with Crippen LogP contribution < -0.4 is 22.3 Å². The molecule has 2 rings (SSSR count). The van der Waals surface area contributed by atoms with Crippen molar-refractivity contribution in [1.29, 1.82) is 0 Å². The Morgan fingerprint density at radius 3 is 2.52 bits per heavy atom. The number of nitrogens with zero attached hydrogens (tertiary/aromatic N) is 2. The summed E-state index contributed by atoms with van der Waals surface area (Å²) in [6, 6.07) is 6.45. The average molecular weight is 309 g/mol. The van der Waals surface area contributed by atoms with Gasteiger partial charge in [-0.05, 0) is 24.3 Å². The summed E-state index contributed by atoms with van der Waals surface area (Å²) in [5.74, 6) is -0.512. The summed E-state index contributed by atoms with van der Waals surface area (Å²) >= 11 is 5.74. The van der Waals surface area contributed by atoms with Gasteiger partial charge in [-0.3, -0.25) is 9.59 Å². The molecule has 3 N–H and O–H groups in total. The van der Waals surface area contributed by atoms with Gasteiger partial charge in [0.1, 0.15) is 12.2 Å². The average Bonchev–Trinajstić information content (AvgIpc) is 2.44. The Morgan fingerprint density at radius 1 is 1.29 bits per heavy atom. The van der Waals surface area contributed by atoms with Crippen LogP contribution in [0.15, 0.2) is 40.1 Å². The Balaban J connectivity index is 2.23. The fourth-order valence-electron chi connectivity index (χ4n) is 1.77. The van der Waals surface area contributed by atoms with Crippen LogP contribution >= 0.6 is 11.6 Å². The van der Waals surface area contributed by atoms with Gasteiger partial charge in [0.25, 0.3) is 5.56 Å². The molecule has 0 unspecified atom stereocenters. The number of rotatable bonds is 3. The highest BCUT2D eigenvalue weighted by Gasteiger charge is 2.11. The third-order valence-electron chi connectivity index (χ3n) is 2.79. The summed E-state index contributed by atoms with van der Waals surface area (Å²) in [5, 5.41) is 3.10. The molecule has 0 aliphatic rings. The molecule has 1 heterocycles. The van der Waals surface area contributed by atoms with Crippen LogP contribution in [0.25, 0.3) is 0 Å². The van der Waals surface area contributed by atoms with Crippen LogP contribution in [0, 0.1) is 0 Å². The lowest BCUT2D eigenvalue weighted by molar-refractivity contribution is -0.116. The van der Waals surface area contributed by atoms with E-state index in [-0.39, 0.29) is 5.69 Å². The molecule has 0 saturated heterocycles. The maximum Gasteiger partial charge on any atom is 0.331 e. The molecule has 8 heteroatoms. The quantitative estimate of drug-likeness (QED) is 0.858. The predicted molar refractivity (Wildman–Crippen MR) is 80.4 cm³/mol. The van der Waals surface area contributed by atoms with E-state index in [0.717, 1.165) is 9.13 Å². The number of amides is 1. The van der Waals surface area contributed by atoms with Crippen molar-refractivity contribution in [2.75, 3.05) is 11.1 Å². The van der Waals surface area contributed by atoms with Gasteiger partial charge in [0.15, 0.2) is 0 Å². The Labute approximate surface area is 124 Å². The van der Waals surface area contributed by atoms with E-state index in [4.69, 9.17) is 17.3 Å². The van der Waals surface area contributed by atoms with Gasteiger partial charge in [0.05, 0.1) is 0 Å². The third-order valence-corrected chi connectivity index (χ3v) is 3.04. The number of nitrogens with two attached hydrogens (primary N) is 1. The van der Waals surface area contributed by atoms with Gasteiger partial charge < -0.3 is 15.6 Å². The summed E-state index contributed by atoms with van der Waals surface area (Å²) in [7, 11) is 1.45. The zero-order chi connectivity index (χ0) is 15.6. The van der Waals surface area contributed by atoms with Crippen molar-refractivity contribution in [3.8, 4) is 0 Å². The molecule has 0 radical (unpaired) electrons. The Morgan fingerprint density at radius 2 is 1.90 bits per heavy atom. The smallest absolute Gasteiger partial charge is 0.331 e. The van der Waals surface area contributed by atoms with Crippen LogP contribution in [-0.4, -0.2) is 15.0 Å². The fraction of sp³-hybridized carbons (Fsp3) is 0.154. The largest absolute Gasteiger partial charge is 0.393 e. The second-order valence-corrected chi connectivity index (χ2v) is 4.86. The first-order valence-electron chi connectivity index (χ1n) is 6.00. The van der Waals surface area contributed by atoms with Gasteiger partial charge in [-0.2, -0.15) is 0 Å². The van der Waals surface area contributed by atoms with Gasteiger partial charge in [-0.1, -0.05) is 11.6 Å². The van der Waals surface area contributed by atoms with Gasteiger partial charge >= 0.3 is 5.69 Å². The molecular weight excluding hydrogens is 296 g/mol. The van der Waals surface area contributed by atoms with Gasteiger partial charge in [-0.25, -0.2) is 9.36 Å². The Bertz CT molecular complexity index is 758. The van der Waals surface area contributed by atoms with E-state index in [9.17, 15) is 14.4 Å². The van der Waals surface area contributed by atoms with E-state index in [0.29, 0.717) is 10.7 Å². The standard InChI is InChI=1S/C13H13ClN4O3/c1-17-6-10(15)12(20)18(13(17)21)7-11(19)16-9-4-2-8(14)3-5-9/h2-6H,7,15H2,1H3,(H,16,19). The molecule has 0 atom stereocenters. The normalized spacial score (nSPS) is 10.4. The van der Waals surface area contributed by atoms with Crippen LogP contribution in [-0.2, 0) is 18.4 Å². The SMILES string of the molecule is Cn1cc(N)c(=O)n(CC(=O)Nc2ccc(Cl)cc2)c1=O. The van der Waals surface area contributed by atoms with Crippen molar-refractivity contribution in [1.82, 2.24) is 9.13 Å². The minimum atomic E-state index is -0.690. The van der Waals surface area contributed by atoms with Crippen LogP contribution in [0.5, 0.6) is 0 Å². The van der Waals surface area contributed by atoms with E-state index < -0.39 is 23.7 Å². The zero-order valence-corrected chi connectivity index (χ0v) is 11.9. The summed E-state index contributed by atoms with van der Waals surface area (Å²) in [6.07, 6.45) is 1.22. The number of anilines is 2. The van der Waals surface area contributed by atoms with E-state index in [1.165, 1.54) is 13.2 Å². The van der Waals surface area contributed by atoms with Gasteiger partial charge in [-0.15, -0.1) is 0 Å². The van der Waals surface area contributed by atoms with Gasteiger partial charge in [0, 0.05) is 24.0 Å². The Kier molecular flexibility index (Phi) is 4.13. The number of aryl methyl sites for hydroxylation is 1. The lowest BCUT2D eigenvalue weighted by Crippen LogP contribution is -2.42. The molecule has 0 aliphatic heterocycles. The van der Waals surface area contributed by atoms with Crippen LogP contribution in [0.2, 0.25) is 5.02 Å². The first kappa shape index (κ1) is 14.9. The fourth-order valence-corrected chi connectivity index (χ4v) is 1.89. The number of aromatic nitrogens is 2. The van der Waals surface area contributed by atoms with E-state index in [2.05, 4.69) is 5.32 Å². The minimum Gasteiger partial charge on any atom is -0.393 e. The maximum absolute atomic E-state index is 11.9. The van der Waals surface area contributed by atoms with Crippen molar-refractivity contribution in [3.05, 3.63) is 56.3 Å². The number of nitrogens with one attached hydrogen (secondary N) is 1. The van der Waals surface area contributed by atoms with E-state index >= 15 is 0 Å². The molecule has 1 amide bonds. The molecule has 7 nitrogen and oxygen atoms in total. The maximum atomic E-state index is 11.9. The molecule has 0 aliphatic carbocycles. The molecule has 1 aromatic carbocycles. The summed E-state index contributed by atoms with van der Waals surface area (Å²) in [4.78, 5) is 35.5. The van der Waals surface area contributed by atoms with Crippen molar-refractivity contribution >= 4 is 28.9 Å². The predicted octanol–water partition coefficient (Wildman–Crippen LogP) is 0.421. The highest BCUT2D eigenvalue weighted by atomic mass is 35.5. The Hall–Kier alpha value is -2.54. The molecule has 21 heavy (non-hydrogen) atoms. The molecule has 0 bridgehead atoms. The van der Waals surface area contributed by atoms with Crippen LogP contribution in [0.3, 0.4) is 0 Å². The van der Waals surface area contributed by atoms with Gasteiger partial charge in [0.2, 0.25) is 5.91 Å². The third kappa shape index (κ3) is 3.32. The monoisotopic (exact) mass is 308 g/mol. The van der Waals surface area contributed by atoms with E-state index in [1.807, 2.05) is 0 Å². The first-order valence-corrected chi connectivity index (χ1v) is 6.37. The topological polar surface area (TPSA) is 99.1 Å². The van der Waals surface area contributed by atoms with Crippen LogP contribution in [0.1, 0.15) is 0 Å².